The monoisotopic (exact) mass is 284 g/mol. The lowest BCUT2D eigenvalue weighted by molar-refractivity contribution is 0.453. The molecule has 0 heterocycles. The van der Waals surface area contributed by atoms with Gasteiger partial charge in [-0.25, -0.2) is 21.6 Å². The minimum Gasteiger partial charge on any atom is -0.330 e. The average molecular weight is 284 g/mol. The Kier molecular flexibility index (Phi) is 4.94. The molecule has 1 aliphatic rings. The molecule has 102 valence electrons. The molecule has 3 N–H and O–H groups in total. The first-order valence-corrected chi connectivity index (χ1v) is 9.32. The number of nitrogens with two attached hydrogens (primary N) is 1. The van der Waals surface area contributed by atoms with Gasteiger partial charge in [-0.05, 0) is 25.3 Å². The van der Waals surface area contributed by atoms with Crippen LogP contribution in [0.3, 0.4) is 0 Å². The van der Waals surface area contributed by atoms with Gasteiger partial charge in [0, 0.05) is 12.3 Å². The Balaban J connectivity index is 2.55. The van der Waals surface area contributed by atoms with Crippen molar-refractivity contribution in [2.45, 2.75) is 25.3 Å². The maximum Gasteiger partial charge on any atom is 0.212 e. The van der Waals surface area contributed by atoms with E-state index in [1.54, 1.807) is 0 Å². The van der Waals surface area contributed by atoms with Gasteiger partial charge in [0.05, 0.1) is 11.5 Å². The molecule has 2 unspecified atom stereocenters. The second-order valence-corrected chi connectivity index (χ2v) is 8.73. The van der Waals surface area contributed by atoms with Gasteiger partial charge in [-0.2, -0.15) is 0 Å². The lowest BCUT2D eigenvalue weighted by Crippen LogP contribution is -2.41. The van der Waals surface area contributed by atoms with Crippen molar-refractivity contribution in [1.29, 1.82) is 0 Å². The topological polar surface area (TPSA) is 106 Å². The van der Waals surface area contributed by atoms with Crippen molar-refractivity contribution in [3.8, 4) is 0 Å². The first-order valence-electron chi connectivity index (χ1n) is 5.61. The highest BCUT2D eigenvalue weighted by Gasteiger charge is 2.29. The molecule has 6 nitrogen and oxygen atoms in total. The van der Waals surface area contributed by atoms with Crippen molar-refractivity contribution in [2.75, 3.05) is 24.3 Å². The van der Waals surface area contributed by atoms with E-state index in [0.29, 0.717) is 6.54 Å². The van der Waals surface area contributed by atoms with Crippen molar-refractivity contribution < 1.29 is 16.8 Å². The lowest BCUT2D eigenvalue weighted by atomic mass is 10.1. The van der Waals surface area contributed by atoms with Gasteiger partial charge in [-0.1, -0.05) is 6.42 Å². The molecular weight excluding hydrogens is 264 g/mol. The number of rotatable bonds is 6. The van der Waals surface area contributed by atoms with E-state index in [1.165, 1.54) is 0 Å². The van der Waals surface area contributed by atoms with E-state index in [0.717, 1.165) is 25.5 Å². The highest BCUT2D eigenvalue weighted by Crippen LogP contribution is 2.25. The van der Waals surface area contributed by atoms with Gasteiger partial charge in [-0.15, -0.1) is 0 Å². The summed E-state index contributed by atoms with van der Waals surface area (Å²) in [5.41, 5.74) is 5.56. The number of nitrogens with one attached hydrogen (secondary N) is 1. The minimum atomic E-state index is -3.53. The van der Waals surface area contributed by atoms with E-state index >= 15 is 0 Å². The first kappa shape index (κ1) is 14.9. The van der Waals surface area contributed by atoms with Crippen LogP contribution in [0.5, 0.6) is 0 Å². The van der Waals surface area contributed by atoms with Crippen LogP contribution < -0.4 is 10.5 Å². The molecule has 0 aliphatic heterocycles. The van der Waals surface area contributed by atoms with Crippen LogP contribution in [0.15, 0.2) is 0 Å². The molecule has 1 fully saturated rings. The van der Waals surface area contributed by atoms with Gasteiger partial charge >= 0.3 is 0 Å². The molecule has 0 amide bonds. The summed E-state index contributed by atoms with van der Waals surface area (Å²) in [5, 5.41) is 0. The van der Waals surface area contributed by atoms with Gasteiger partial charge < -0.3 is 5.73 Å². The molecule has 1 aliphatic carbocycles. The normalized spacial score (nSPS) is 26.2. The zero-order valence-corrected chi connectivity index (χ0v) is 11.6. The summed E-state index contributed by atoms with van der Waals surface area (Å²) in [6.07, 6.45) is 3.69. The van der Waals surface area contributed by atoms with E-state index in [9.17, 15) is 16.8 Å². The fraction of sp³-hybridized carbons (Fsp3) is 1.00. The van der Waals surface area contributed by atoms with Crippen molar-refractivity contribution in [1.82, 2.24) is 4.72 Å². The van der Waals surface area contributed by atoms with Crippen LogP contribution in [0.2, 0.25) is 0 Å². The third kappa shape index (κ3) is 5.33. The molecule has 0 aromatic rings. The summed E-state index contributed by atoms with van der Waals surface area (Å²) in [4.78, 5) is 0. The van der Waals surface area contributed by atoms with Crippen LogP contribution in [0.25, 0.3) is 0 Å². The third-order valence-electron chi connectivity index (χ3n) is 3.02. The summed E-state index contributed by atoms with van der Waals surface area (Å²) >= 11 is 0. The average Bonchev–Trinajstić information content (AvgIpc) is 2.61. The molecule has 0 radical (unpaired) electrons. The molecule has 0 spiro atoms. The number of sulfonamides is 1. The first-order chi connectivity index (χ1) is 7.73. The lowest BCUT2D eigenvalue weighted by Gasteiger charge is -2.19. The molecule has 17 heavy (non-hydrogen) atoms. The van der Waals surface area contributed by atoms with Crippen molar-refractivity contribution >= 4 is 19.9 Å². The smallest absolute Gasteiger partial charge is 0.212 e. The molecule has 8 heteroatoms. The Morgan fingerprint density at radius 1 is 1.18 bits per heavy atom. The van der Waals surface area contributed by atoms with E-state index in [4.69, 9.17) is 5.73 Å². The molecule has 0 saturated heterocycles. The van der Waals surface area contributed by atoms with Crippen molar-refractivity contribution in [3.05, 3.63) is 0 Å². The summed E-state index contributed by atoms with van der Waals surface area (Å²) in [5.74, 6) is -0.551. The molecule has 0 bridgehead atoms. The maximum absolute atomic E-state index is 11.7. The Bertz CT molecular complexity index is 444. The summed E-state index contributed by atoms with van der Waals surface area (Å²) in [7, 11) is -6.78. The highest BCUT2D eigenvalue weighted by molar-refractivity contribution is 7.93. The highest BCUT2D eigenvalue weighted by atomic mass is 32.2. The second kappa shape index (κ2) is 5.64. The van der Waals surface area contributed by atoms with E-state index in [1.807, 2.05) is 0 Å². The second-order valence-electron chi connectivity index (χ2n) is 4.60. The number of hydrogen-bond donors (Lipinski definition) is 2. The Labute approximate surface area is 103 Å². The third-order valence-corrected chi connectivity index (χ3v) is 5.62. The SMILES string of the molecule is CS(=O)(=O)CCS(=O)(=O)NC1CCCC1CN. The van der Waals surface area contributed by atoms with E-state index in [2.05, 4.69) is 4.72 Å². The Hall–Kier alpha value is -0.180. The quantitative estimate of drug-likeness (QED) is 0.656. The van der Waals surface area contributed by atoms with Gasteiger partial charge in [0.2, 0.25) is 10.0 Å². The van der Waals surface area contributed by atoms with E-state index in [-0.39, 0.29) is 23.5 Å². The van der Waals surface area contributed by atoms with Crippen LogP contribution in [0, 0.1) is 5.92 Å². The van der Waals surface area contributed by atoms with Gasteiger partial charge in [0.15, 0.2) is 0 Å². The predicted octanol–water partition coefficient (Wildman–Crippen LogP) is -0.922. The van der Waals surface area contributed by atoms with E-state index < -0.39 is 19.9 Å². The minimum absolute atomic E-state index is 0.135. The molecule has 1 saturated carbocycles. The Morgan fingerprint density at radius 3 is 2.35 bits per heavy atom. The zero-order chi connectivity index (χ0) is 13.1. The summed E-state index contributed by atoms with van der Waals surface area (Å²) in [6, 6.07) is -0.135. The molecule has 0 aromatic carbocycles. The number of hydrogen-bond acceptors (Lipinski definition) is 5. The van der Waals surface area contributed by atoms with Gasteiger partial charge in [0.1, 0.15) is 9.84 Å². The fourth-order valence-electron chi connectivity index (χ4n) is 2.02. The van der Waals surface area contributed by atoms with Crippen LogP contribution in [-0.4, -0.2) is 47.2 Å². The van der Waals surface area contributed by atoms with Crippen LogP contribution >= 0.6 is 0 Å². The van der Waals surface area contributed by atoms with Crippen molar-refractivity contribution in [3.63, 3.8) is 0 Å². The Morgan fingerprint density at radius 2 is 1.82 bits per heavy atom. The summed E-state index contributed by atoms with van der Waals surface area (Å²) in [6.45, 7) is 0.458. The molecule has 0 aromatic heterocycles. The maximum atomic E-state index is 11.7. The van der Waals surface area contributed by atoms with Crippen LogP contribution in [-0.2, 0) is 19.9 Å². The molecular formula is C9H20N2O4S2. The summed E-state index contributed by atoms with van der Waals surface area (Å²) < 4.78 is 47.8. The number of sulfone groups is 1. The van der Waals surface area contributed by atoms with Gasteiger partial charge in [0.25, 0.3) is 0 Å². The van der Waals surface area contributed by atoms with Crippen molar-refractivity contribution in [2.24, 2.45) is 11.7 Å². The largest absolute Gasteiger partial charge is 0.330 e. The molecule has 1 rings (SSSR count). The van der Waals surface area contributed by atoms with Gasteiger partial charge in [-0.3, -0.25) is 0 Å². The zero-order valence-electron chi connectivity index (χ0n) is 9.92. The standard InChI is InChI=1S/C9H20N2O4S2/c1-16(12,13)5-6-17(14,15)11-9-4-2-3-8(9)7-10/h8-9,11H,2-7,10H2,1H3. The fourth-order valence-corrected chi connectivity index (χ4v) is 5.00. The predicted molar refractivity (Wildman–Crippen MR) is 66.8 cm³/mol. The van der Waals surface area contributed by atoms with Crippen LogP contribution in [0.4, 0.5) is 0 Å². The molecule has 2 atom stereocenters. The van der Waals surface area contributed by atoms with Crippen LogP contribution in [0.1, 0.15) is 19.3 Å².